The monoisotopic (exact) mass is 249 g/mol. The molecule has 3 N–H and O–H groups in total. The topological polar surface area (TPSA) is 46.2 Å². The zero-order valence-electron chi connectivity index (χ0n) is 10.6. The highest BCUT2D eigenvalue weighted by molar-refractivity contribution is 5.40. The fraction of sp³-hybridized carbons (Fsp3) is 0.600. The lowest BCUT2D eigenvalue weighted by atomic mass is 9.67. The summed E-state index contributed by atoms with van der Waals surface area (Å²) in [4.78, 5) is 0. The van der Waals surface area contributed by atoms with Crippen LogP contribution in [0.2, 0.25) is 0 Å². The predicted octanol–water partition coefficient (Wildman–Crippen LogP) is 2.48. The van der Waals surface area contributed by atoms with Crippen LogP contribution in [0.1, 0.15) is 43.2 Å². The largest absolute Gasteiger partial charge is 0.385 e. The standard InChI is InChI=1S/C15H20FNO/c16-12-3-4-13-11(9-12)5-8-15(13,18)14(10-17)6-1-2-7-14/h3-4,9,18H,1-2,5-8,10,17H2. The molecular weight excluding hydrogens is 229 g/mol. The number of halogens is 1. The Morgan fingerprint density at radius 2 is 1.94 bits per heavy atom. The molecule has 98 valence electrons. The highest BCUT2D eigenvalue weighted by atomic mass is 19.1. The minimum atomic E-state index is -0.846. The molecule has 3 heteroatoms. The summed E-state index contributed by atoms with van der Waals surface area (Å²) in [6, 6.07) is 4.77. The molecule has 0 amide bonds. The maximum atomic E-state index is 13.3. The summed E-state index contributed by atoms with van der Waals surface area (Å²) in [5.74, 6) is -0.216. The van der Waals surface area contributed by atoms with Crippen LogP contribution in [0.15, 0.2) is 18.2 Å². The lowest BCUT2D eigenvalue weighted by Crippen LogP contribution is -2.47. The Bertz CT molecular complexity index is 468. The molecule has 1 atom stereocenters. The maximum Gasteiger partial charge on any atom is 0.123 e. The van der Waals surface area contributed by atoms with Crippen LogP contribution in [0.4, 0.5) is 4.39 Å². The lowest BCUT2D eigenvalue weighted by Gasteiger charge is -2.43. The normalized spacial score (nSPS) is 29.5. The molecule has 3 rings (SSSR count). The van der Waals surface area contributed by atoms with E-state index in [0.29, 0.717) is 13.0 Å². The second-order valence-corrected chi connectivity index (χ2v) is 5.85. The van der Waals surface area contributed by atoms with E-state index in [4.69, 9.17) is 5.73 Å². The first-order valence-electron chi connectivity index (χ1n) is 6.83. The van der Waals surface area contributed by atoms with Crippen molar-refractivity contribution in [3.05, 3.63) is 35.1 Å². The number of benzene rings is 1. The minimum Gasteiger partial charge on any atom is -0.385 e. The summed E-state index contributed by atoms with van der Waals surface area (Å²) in [6.07, 6.45) is 5.67. The Labute approximate surface area is 107 Å². The van der Waals surface area contributed by atoms with Crippen LogP contribution in [0.3, 0.4) is 0 Å². The summed E-state index contributed by atoms with van der Waals surface area (Å²) < 4.78 is 13.3. The minimum absolute atomic E-state index is 0.198. The number of aliphatic hydroxyl groups is 1. The van der Waals surface area contributed by atoms with Gasteiger partial charge in [-0.1, -0.05) is 18.9 Å². The molecule has 1 saturated carbocycles. The summed E-state index contributed by atoms with van der Waals surface area (Å²) in [7, 11) is 0. The molecule has 0 aliphatic heterocycles. The van der Waals surface area contributed by atoms with Gasteiger partial charge in [-0.05, 0) is 48.9 Å². The number of aryl methyl sites for hydroxylation is 1. The van der Waals surface area contributed by atoms with Crippen molar-refractivity contribution >= 4 is 0 Å². The van der Waals surface area contributed by atoms with E-state index in [-0.39, 0.29) is 11.2 Å². The van der Waals surface area contributed by atoms with Gasteiger partial charge >= 0.3 is 0 Å². The fourth-order valence-corrected chi connectivity index (χ4v) is 4.01. The van der Waals surface area contributed by atoms with Gasteiger partial charge in [-0.3, -0.25) is 0 Å². The van der Waals surface area contributed by atoms with Gasteiger partial charge in [-0.2, -0.15) is 0 Å². The first-order valence-corrected chi connectivity index (χ1v) is 6.83. The summed E-state index contributed by atoms with van der Waals surface area (Å²) in [5, 5.41) is 11.2. The van der Waals surface area contributed by atoms with Crippen LogP contribution in [0.25, 0.3) is 0 Å². The molecule has 0 aromatic heterocycles. The lowest BCUT2D eigenvalue weighted by molar-refractivity contribution is -0.0835. The van der Waals surface area contributed by atoms with Crippen LogP contribution >= 0.6 is 0 Å². The highest BCUT2D eigenvalue weighted by Gasteiger charge is 2.54. The van der Waals surface area contributed by atoms with E-state index in [2.05, 4.69) is 0 Å². The maximum absolute atomic E-state index is 13.3. The number of rotatable bonds is 2. The van der Waals surface area contributed by atoms with Gasteiger partial charge in [-0.25, -0.2) is 4.39 Å². The van der Waals surface area contributed by atoms with Crippen molar-refractivity contribution in [2.45, 2.75) is 44.1 Å². The van der Waals surface area contributed by atoms with Crippen molar-refractivity contribution in [2.75, 3.05) is 6.54 Å². The first kappa shape index (κ1) is 12.1. The molecular formula is C15H20FNO. The van der Waals surface area contributed by atoms with E-state index in [1.165, 1.54) is 6.07 Å². The van der Waals surface area contributed by atoms with Crippen molar-refractivity contribution < 1.29 is 9.50 Å². The Morgan fingerprint density at radius 3 is 2.61 bits per heavy atom. The second-order valence-electron chi connectivity index (χ2n) is 5.85. The van der Waals surface area contributed by atoms with Crippen molar-refractivity contribution in [3.8, 4) is 0 Å². The third-order valence-electron chi connectivity index (χ3n) is 5.10. The number of nitrogens with two attached hydrogens (primary N) is 1. The van der Waals surface area contributed by atoms with Gasteiger partial charge in [0.1, 0.15) is 5.82 Å². The fourth-order valence-electron chi connectivity index (χ4n) is 4.01. The number of hydrogen-bond donors (Lipinski definition) is 2. The Kier molecular flexibility index (Phi) is 2.72. The van der Waals surface area contributed by atoms with Gasteiger partial charge in [0.15, 0.2) is 0 Å². The van der Waals surface area contributed by atoms with Crippen LogP contribution in [0, 0.1) is 11.2 Å². The summed E-state index contributed by atoms with van der Waals surface area (Å²) >= 11 is 0. The van der Waals surface area contributed by atoms with Gasteiger partial charge in [0.05, 0.1) is 5.60 Å². The SMILES string of the molecule is NCC1(C2(O)CCc3cc(F)ccc32)CCCC1. The first-order chi connectivity index (χ1) is 8.61. The Hall–Kier alpha value is -0.930. The molecule has 18 heavy (non-hydrogen) atoms. The quantitative estimate of drug-likeness (QED) is 0.846. The number of fused-ring (bicyclic) bond motifs is 1. The van der Waals surface area contributed by atoms with Gasteiger partial charge < -0.3 is 10.8 Å². The molecule has 1 fully saturated rings. The van der Waals surface area contributed by atoms with Gasteiger partial charge in [0.2, 0.25) is 0 Å². The zero-order valence-corrected chi connectivity index (χ0v) is 10.6. The van der Waals surface area contributed by atoms with Crippen molar-refractivity contribution in [3.63, 3.8) is 0 Å². The van der Waals surface area contributed by atoms with Gasteiger partial charge in [-0.15, -0.1) is 0 Å². The average molecular weight is 249 g/mol. The predicted molar refractivity (Wildman–Crippen MR) is 68.6 cm³/mol. The van der Waals surface area contributed by atoms with Crippen LogP contribution < -0.4 is 5.73 Å². The van der Waals surface area contributed by atoms with Gasteiger partial charge in [0.25, 0.3) is 0 Å². The molecule has 2 aliphatic rings. The smallest absolute Gasteiger partial charge is 0.123 e. The van der Waals surface area contributed by atoms with E-state index in [1.807, 2.05) is 0 Å². The van der Waals surface area contributed by atoms with E-state index in [1.54, 1.807) is 12.1 Å². The molecule has 1 aromatic carbocycles. The molecule has 0 spiro atoms. The van der Waals surface area contributed by atoms with E-state index < -0.39 is 5.60 Å². The van der Waals surface area contributed by atoms with E-state index >= 15 is 0 Å². The van der Waals surface area contributed by atoms with Crippen LogP contribution in [-0.4, -0.2) is 11.7 Å². The van der Waals surface area contributed by atoms with Crippen LogP contribution in [0.5, 0.6) is 0 Å². The average Bonchev–Trinajstić information content (AvgIpc) is 2.96. The van der Waals surface area contributed by atoms with Crippen LogP contribution in [-0.2, 0) is 12.0 Å². The van der Waals surface area contributed by atoms with Crippen molar-refractivity contribution in [1.82, 2.24) is 0 Å². The Balaban J connectivity index is 2.08. The molecule has 0 bridgehead atoms. The molecule has 0 saturated heterocycles. The molecule has 0 heterocycles. The Morgan fingerprint density at radius 1 is 1.22 bits per heavy atom. The van der Waals surface area contributed by atoms with Crippen molar-refractivity contribution in [1.29, 1.82) is 0 Å². The zero-order chi connectivity index (χ0) is 12.8. The molecule has 1 unspecified atom stereocenters. The van der Waals surface area contributed by atoms with Gasteiger partial charge in [0, 0.05) is 12.0 Å². The number of hydrogen-bond acceptors (Lipinski definition) is 2. The van der Waals surface area contributed by atoms with E-state index in [0.717, 1.165) is 43.2 Å². The van der Waals surface area contributed by atoms with E-state index in [9.17, 15) is 9.50 Å². The summed E-state index contributed by atoms with van der Waals surface area (Å²) in [5.41, 5.74) is 6.81. The third-order valence-corrected chi connectivity index (χ3v) is 5.10. The molecule has 2 aliphatic carbocycles. The second kappa shape index (κ2) is 4.04. The molecule has 0 radical (unpaired) electrons. The highest BCUT2D eigenvalue weighted by Crippen LogP contribution is 2.56. The third kappa shape index (κ3) is 1.47. The summed E-state index contributed by atoms with van der Waals surface area (Å²) in [6.45, 7) is 0.514. The molecule has 1 aromatic rings. The molecule has 2 nitrogen and oxygen atoms in total. The van der Waals surface area contributed by atoms with Crippen molar-refractivity contribution in [2.24, 2.45) is 11.1 Å².